The van der Waals surface area contributed by atoms with Gasteiger partial charge in [-0.15, -0.1) is 0 Å². The molecule has 0 bridgehead atoms. The second-order valence-corrected chi connectivity index (χ2v) is 8.33. The summed E-state index contributed by atoms with van der Waals surface area (Å²) in [5.41, 5.74) is 1.37. The minimum Gasteiger partial charge on any atom is -0.493 e. The lowest BCUT2D eigenvalue weighted by atomic mass is 9.73. The Balaban J connectivity index is 1.63. The van der Waals surface area contributed by atoms with Gasteiger partial charge in [-0.3, -0.25) is 20.2 Å². The van der Waals surface area contributed by atoms with Crippen LogP contribution < -0.4 is 25.0 Å². The van der Waals surface area contributed by atoms with E-state index in [-0.39, 0.29) is 13.0 Å². The highest BCUT2D eigenvalue weighted by molar-refractivity contribution is 6.20. The van der Waals surface area contributed by atoms with Crippen molar-refractivity contribution in [3.8, 4) is 11.5 Å². The molecule has 0 atom stereocenters. The van der Waals surface area contributed by atoms with E-state index in [2.05, 4.69) is 10.6 Å². The molecule has 1 saturated heterocycles. The molecule has 33 heavy (non-hydrogen) atoms. The molecule has 0 radical (unpaired) electrons. The van der Waals surface area contributed by atoms with Crippen molar-refractivity contribution in [3.63, 3.8) is 0 Å². The van der Waals surface area contributed by atoms with E-state index in [0.29, 0.717) is 18.0 Å². The maximum absolute atomic E-state index is 13.1. The predicted octanol–water partition coefficient (Wildman–Crippen LogP) is 2.77. The summed E-state index contributed by atoms with van der Waals surface area (Å²) in [4.78, 5) is 39.9. The molecule has 2 heterocycles. The lowest BCUT2D eigenvalue weighted by Crippen LogP contribution is -2.67. The van der Waals surface area contributed by atoms with Gasteiger partial charge in [-0.25, -0.2) is 4.79 Å². The van der Waals surface area contributed by atoms with Crippen LogP contribution in [-0.2, 0) is 22.6 Å². The van der Waals surface area contributed by atoms with Crippen LogP contribution in [0.5, 0.6) is 11.5 Å². The first kappa shape index (κ1) is 20.8. The number of anilines is 1. The maximum atomic E-state index is 13.1. The smallest absolute Gasteiger partial charge is 0.328 e. The zero-order chi connectivity index (χ0) is 23.2. The second-order valence-electron chi connectivity index (χ2n) is 8.33. The average Bonchev–Trinajstić information content (AvgIpc) is 2.82. The molecule has 1 spiro atoms. The molecule has 168 valence electrons. The van der Waals surface area contributed by atoms with E-state index in [0.717, 1.165) is 27.6 Å². The largest absolute Gasteiger partial charge is 0.493 e. The third kappa shape index (κ3) is 3.34. The fraction of sp³-hybridized carbons (Fsp3) is 0.240. The van der Waals surface area contributed by atoms with Gasteiger partial charge < -0.3 is 14.4 Å². The van der Waals surface area contributed by atoms with Crippen molar-refractivity contribution in [2.75, 3.05) is 25.7 Å². The quantitative estimate of drug-likeness (QED) is 0.600. The van der Waals surface area contributed by atoms with E-state index < -0.39 is 23.3 Å². The Kier molecular flexibility index (Phi) is 4.92. The fourth-order valence-electron chi connectivity index (χ4n) is 4.80. The number of imide groups is 2. The van der Waals surface area contributed by atoms with Crippen LogP contribution in [0.3, 0.4) is 0 Å². The number of ether oxygens (including phenoxy) is 2. The number of barbiturate groups is 1. The summed E-state index contributed by atoms with van der Waals surface area (Å²) in [6.45, 7) is 0.569. The summed E-state index contributed by atoms with van der Waals surface area (Å²) in [5, 5.41) is 6.58. The first-order valence-electron chi connectivity index (χ1n) is 10.6. The van der Waals surface area contributed by atoms with Crippen molar-refractivity contribution >= 4 is 34.3 Å². The topological polar surface area (TPSA) is 97.0 Å². The van der Waals surface area contributed by atoms with E-state index in [9.17, 15) is 14.4 Å². The normalized spacial score (nSPS) is 16.9. The number of rotatable bonds is 4. The van der Waals surface area contributed by atoms with E-state index in [1.165, 1.54) is 0 Å². The van der Waals surface area contributed by atoms with Gasteiger partial charge in [0.05, 0.1) is 14.2 Å². The van der Waals surface area contributed by atoms with E-state index in [4.69, 9.17) is 9.47 Å². The SMILES string of the molecule is COc1ccc(CN2CC3(Cc4c2ccc2ccccc42)C(=O)NC(=O)NC3=O)cc1OC. The van der Waals surface area contributed by atoms with Crippen LogP contribution in [-0.4, -0.2) is 38.6 Å². The summed E-state index contributed by atoms with van der Waals surface area (Å²) >= 11 is 0. The molecule has 0 aromatic heterocycles. The van der Waals surface area contributed by atoms with Crippen molar-refractivity contribution in [3.05, 3.63) is 65.7 Å². The Bertz CT molecular complexity index is 1280. The van der Waals surface area contributed by atoms with E-state index in [1.807, 2.05) is 59.5 Å². The summed E-state index contributed by atoms with van der Waals surface area (Å²) in [6.07, 6.45) is 0.205. The van der Waals surface area contributed by atoms with Gasteiger partial charge >= 0.3 is 6.03 Å². The van der Waals surface area contributed by atoms with Crippen molar-refractivity contribution in [1.82, 2.24) is 10.6 Å². The summed E-state index contributed by atoms with van der Waals surface area (Å²) in [7, 11) is 3.15. The Morgan fingerprint density at radius 2 is 1.64 bits per heavy atom. The molecule has 8 heteroatoms. The van der Waals surface area contributed by atoms with Crippen LogP contribution >= 0.6 is 0 Å². The van der Waals surface area contributed by atoms with Crippen LogP contribution in [0.4, 0.5) is 10.5 Å². The Hall–Kier alpha value is -4.07. The maximum Gasteiger partial charge on any atom is 0.328 e. The zero-order valence-corrected chi connectivity index (χ0v) is 18.3. The minimum atomic E-state index is -1.42. The van der Waals surface area contributed by atoms with Crippen LogP contribution in [0.1, 0.15) is 11.1 Å². The monoisotopic (exact) mass is 445 g/mol. The molecule has 8 nitrogen and oxygen atoms in total. The second kappa shape index (κ2) is 7.81. The first-order chi connectivity index (χ1) is 15.9. The van der Waals surface area contributed by atoms with E-state index in [1.54, 1.807) is 14.2 Å². The van der Waals surface area contributed by atoms with Gasteiger partial charge in [0.2, 0.25) is 11.8 Å². The summed E-state index contributed by atoms with van der Waals surface area (Å²) in [6, 6.07) is 16.8. The minimum absolute atomic E-state index is 0.137. The van der Waals surface area contributed by atoms with E-state index >= 15 is 0 Å². The van der Waals surface area contributed by atoms with Crippen LogP contribution in [0.2, 0.25) is 0 Å². The van der Waals surface area contributed by atoms with Crippen LogP contribution in [0.15, 0.2) is 54.6 Å². The molecule has 5 rings (SSSR count). The molecule has 4 amide bonds. The van der Waals surface area contributed by atoms with Gasteiger partial charge in [-0.1, -0.05) is 36.4 Å². The number of hydrogen-bond donors (Lipinski definition) is 2. The molecule has 2 N–H and O–H groups in total. The Morgan fingerprint density at radius 3 is 2.36 bits per heavy atom. The molecule has 0 saturated carbocycles. The van der Waals surface area contributed by atoms with Gasteiger partial charge in [-0.05, 0) is 40.1 Å². The molecule has 0 unspecified atom stereocenters. The zero-order valence-electron chi connectivity index (χ0n) is 18.3. The third-order valence-corrected chi connectivity index (χ3v) is 6.44. The summed E-state index contributed by atoms with van der Waals surface area (Å²) < 4.78 is 10.8. The third-order valence-electron chi connectivity index (χ3n) is 6.44. The first-order valence-corrected chi connectivity index (χ1v) is 10.6. The molecule has 1 fully saturated rings. The van der Waals surface area contributed by atoms with Gasteiger partial charge in [-0.2, -0.15) is 0 Å². The van der Waals surface area contributed by atoms with Crippen LogP contribution in [0.25, 0.3) is 10.8 Å². The Labute approximate surface area is 190 Å². The highest BCUT2D eigenvalue weighted by Crippen LogP contribution is 2.42. The molecule has 2 aliphatic rings. The average molecular weight is 445 g/mol. The highest BCUT2D eigenvalue weighted by atomic mass is 16.5. The number of fused-ring (bicyclic) bond motifs is 3. The lowest BCUT2D eigenvalue weighted by molar-refractivity contribution is -0.144. The van der Waals surface area contributed by atoms with Crippen molar-refractivity contribution in [2.45, 2.75) is 13.0 Å². The van der Waals surface area contributed by atoms with Crippen LogP contribution in [0, 0.1) is 5.41 Å². The number of carbonyl (C=O) groups is 3. The van der Waals surface area contributed by atoms with Gasteiger partial charge in [0.1, 0.15) is 5.41 Å². The number of methoxy groups -OCH3 is 2. The Morgan fingerprint density at radius 1 is 0.909 bits per heavy atom. The lowest BCUT2D eigenvalue weighted by Gasteiger charge is -2.44. The predicted molar refractivity (Wildman–Crippen MR) is 122 cm³/mol. The highest BCUT2D eigenvalue weighted by Gasteiger charge is 2.54. The number of nitrogens with one attached hydrogen (secondary N) is 2. The number of benzene rings is 3. The van der Waals surface area contributed by atoms with Gasteiger partial charge in [0.15, 0.2) is 11.5 Å². The van der Waals surface area contributed by atoms with Crippen molar-refractivity contribution < 1.29 is 23.9 Å². The van der Waals surface area contributed by atoms with Gasteiger partial charge in [0.25, 0.3) is 0 Å². The standard InChI is InChI=1S/C25H23N3O5/c1-32-20-10-7-15(11-21(20)33-2)13-28-14-25(22(29)26-24(31)27-23(25)30)12-18-17-6-4-3-5-16(17)8-9-19(18)28/h3-11H,12-14H2,1-2H3,(H2,26,27,29,30,31). The summed E-state index contributed by atoms with van der Waals surface area (Å²) in [5.74, 6) is 0.0609. The van der Waals surface area contributed by atoms with Crippen molar-refractivity contribution in [1.29, 1.82) is 0 Å². The number of hydrogen-bond acceptors (Lipinski definition) is 6. The fourth-order valence-corrected chi connectivity index (χ4v) is 4.80. The van der Waals surface area contributed by atoms with Crippen molar-refractivity contribution in [2.24, 2.45) is 5.41 Å². The molecule has 2 aliphatic heterocycles. The molecular weight excluding hydrogens is 422 g/mol. The number of urea groups is 1. The molecule has 3 aromatic carbocycles. The number of nitrogens with zero attached hydrogens (tertiary/aromatic N) is 1. The number of amides is 4. The number of carbonyl (C=O) groups excluding carboxylic acids is 3. The molecule has 0 aliphatic carbocycles. The molecular formula is C25H23N3O5. The molecule has 3 aromatic rings. The van der Waals surface area contributed by atoms with Gasteiger partial charge in [0, 0.05) is 25.2 Å².